The summed E-state index contributed by atoms with van der Waals surface area (Å²) in [5.74, 6) is -1.14. The maximum absolute atomic E-state index is 12.6. The van der Waals surface area contributed by atoms with E-state index in [0.29, 0.717) is 32.5 Å². The molecule has 0 radical (unpaired) electrons. The van der Waals surface area contributed by atoms with Crippen LogP contribution in [0.25, 0.3) is 0 Å². The fourth-order valence-corrected chi connectivity index (χ4v) is 3.30. The monoisotopic (exact) mass is 296 g/mol. The van der Waals surface area contributed by atoms with E-state index in [1.54, 1.807) is 4.90 Å². The standard InChI is InChI=1S/C15H24N2O4/c1-2-5-13(18)16-8-3-6-11(10-16)14(19)17-9-4-7-12(17)15(20)21/h11-12H,2-10H2,1H3,(H,20,21)/t11?,12-/m1/s1. The van der Waals surface area contributed by atoms with Gasteiger partial charge in [0, 0.05) is 26.1 Å². The Morgan fingerprint density at radius 1 is 1.14 bits per heavy atom. The molecule has 2 atom stereocenters. The molecule has 0 aromatic rings. The topological polar surface area (TPSA) is 77.9 Å². The molecule has 2 aliphatic heterocycles. The largest absolute Gasteiger partial charge is 0.480 e. The fourth-order valence-electron chi connectivity index (χ4n) is 3.30. The van der Waals surface area contributed by atoms with Crippen molar-refractivity contribution in [3.63, 3.8) is 0 Å². The third-order valence-corrected chi connectivity index (χ3v) is 4.41. The van der Waals surface area contributed by atoms with Gasteiger partial charge in [0.05, 0.1) is 5.92 Å². The minimum atomic E-state index is -0.921. The average molecular weight is 296 g/mol. The molecule has 0 aromatic heterocycles. The molecular formula is C15H24N2O4. The quantitative estimate of drug-likeness (QED) is 0.842. The van der Waals surface area contributed by atoms with E-state index in [1.807, 2.05) is 6.92 Å². The zero-order chi connectivity index (χ0) is 15.4. The first-order valence-corrected chi connectivity index (χ1v) is 7.85. The number of piperidine rings is 1. The lowest BCUT2D eigenvalue weighted by atomic mass is 9.95. The molecule has 21 heavy (non-hydrogen) atoms. The summed E-state index contributed by atoms with van der Waals surface area (Å²) in [6.07, 6.45) is 4.17. The molecule has 2 aliphatic rings. The molecule has 2 fully saturated rings. The molecule has 2 amide bonds. The Balaban J connectivity index is 1.98. The highest BCUT2D eigenvalue weighted by Crippen LogP contribution is 2.25. The van der Waals surface area contributed by atoms with Crippen LogP contribution in [0, 0.1) is 5.92 Å². The molecule has 0 aliphatic carbocycles. The van der Waals surface area contributed by atoms with Gasteiger partial charge in [0.15, 0.2) is 0 Å². The number of likely N-dealkylation sites (tertiary alicyclic amines) is 2. The van der Waals surface area contributed by atoms with Crippen LogP contribution in [0.4, 0.5) is 0 Å². The third-order valence-electron chi connectivity index (χ3n) is 4.41. The summed E-state index contributed by atoms with van der Waals surface area (Å²) < 4.78 is 0. The van der Waals surface area contributed by atoms with E-state index in [9.17, 15) is 19.5 Å². The normalized spacial score (nSPS) is 26.0. The number of carboxylic acid groups (broad SMARTS) is 1. The minimum absolute atomic E-state index is 0.0890. The van der Waals surface area contributed by atoms with Crippen molar-refractivity contribution in [3.05, 3.63) is 0 Å². The fraction of sp³-hybridized carbons (Fsp3) is 0.800. The highest BCUT2D eigenvalue weighted by molar-refractivity contribution is 5.86. The van der Waals surface area contributed by atoms with E-state index in [4.69, 9.17) is 0 Å². The van der Waals surface area contributed by atoms with Crippen LogP contribution in [0.15, 0.2) is 0 Å². The number of hydrogen-bond donors (Lipinski definition) is 1. The van der Waals surface area contributed by atoms with Crippen molar-refractivity contribution in [2.45, 2.75) is 51.5 Å². The van der Waals surface area contributed by atoms with Crippen molar-refractivity contribution in [2.75, 3.05) is 19.6 Å². The SMILES string of the molecule is CCCC(=O)N1CCCC(C(=O)N2CCC[C@@H]2C(=O)O)C1. The van der Waals surface area contributed by atoms with Gasteiger partial charge in [0.2, 0.25) is 11.8 Å². The molecule has 2 rings (SSSR count). The molecule has 6 nitrogen and oxygen atoms in total. The lowest BCUT2D eigenvalue weighted by Gasteiger charge is -2.35. The van der Waals surface area contributed by atoms with Gasteiger partial charge in [-0.1, -0.05) is 6.92 Å². The van der Waals surface area contributed by atoms with Gasteiger partial charge in [0.1, 0.15) is 6.04 Å². The summed E-state index contributed by atoms with van der Waals surface area (Å²) in [6.45, 7) is 3.65. The van der Waals surface area contributed by atoms with Gasteiger partial charge < -0.3 is 14.9 Å². The number of rotatable bonds is 4. The van der Waals surface area contributed by atoms with Crippen molar-refractivity contribution in [2.24, 2.45) is 5.92 Å². The number of carbonyl (C=O) groups is 3. The Labute approximate surface area is 125 Å². The summed E-state index contributed by atoms with van der Waals surface area (Å²) in [5.41, 5.74) is 0. The van der Waals surface area contributed by atoms with Crippen LogP contribution in [-0.2, 0) is 14.4 Å². The second-order valence-corrected chi connectivity index (χ2v) is 5.96. The maximum Gasteiger partial charge on any atom is 0.326 e. The molecule has 0 aromatic carbocycles. The van der Waals surface area contributed by atoms with Gasteiger partial charge >= 0.3 is 5.97 Å². The highest BCUT2D eigenvalue weighted by Gasteiger charge is 2.38. The van der Waals surface area contributed by atoms with Crippen LogP contribution in [0.1, 0.15) is 45.4 Å². The highest BCUT2D eigenvalue weighted by atomic mass is 16.4. The Hall–Kier alpha value is -1.59. The number of aliphatic carboxylic acids is 1. The zero-order valence-corrected chi connectivity index (χ0v) is 12.6. The van der Waals surface area contributed by atoms with Crippen molar-refractivity contribution in [1.82, 2.24) is 9.80 Å². The van der Waals surface area contributed by atoms with E-state index >= 15 is 0 Å². The number of carboxylic acids is 1. The molecular weight excluding hydrogens is 272 g/mol. The maximum atomic E-state index is 12.6. The van der Waals surface area contributed by atoms with Gasteiger partial charge in [0.25, 0.3) is 0 Å². The van der Waals surface area contributed by atoms with Crippen LogP contribution in [0.3, 0.4) is 0 Å². The second kappa shape index (κ2) is 6.91. The summed E-state index contributed by atoms with van der Waals surface area (Å²) in [5, 5.41) is 9.18. The van der Waals surface area contributed by atoms with Crippen LogP contribution >= 0.6 is 0 Å². The van der Waals surface area contributed by atoms with Crippen LogP contribution in [0.5, 0.6) is 0 Å². The number of nitrogens with zero attached hydrogens (tertiary/aromatic N) is 2. The van der Waals surface area contributed by atoms with Gasteiger partial charge in [-0.2, -0.15) is 0 Å². The van der Waals surface area contributed by atoms with E-state index in [2.05, 4.69) is 0 Å². The molecule has 118 valence electrons. The predicted molar refractivity (Wildman–Crippen MR) is 76.6 cm³/mol. The van der Waals surface area contributed by atoms with E-state index in [1.165, 1.54) is 4.90 Å². The van der Waals surface area contributed by atoms with E-state index < -0.39 is 12.0 Å². The number of amides is 2. The summed E-state index contributed by atoms with van der Waals surface area (Å²) >= 11 is 0. The molecule has 1 N–H and O–H groups in total. The molecule has 0 spiro atoms. The Bertz CT molecular complexity index is 424. The van der Waals surface area contributed by atoms with Gasteiger partial charge in [-0.05, 0) is 32.1 Å². The van der Waals surface area contributed by atoms with Gasteiger partial charge in [-0.3, -0.25) is 9.59 Å². The lowest BCUT2D eigenvalue weighted by molar-refractivity contribution is -0.151. The second-order valence-electron chi connectivity index (χ2n) is 5.96. The van der Waals surface area contributed by atoms with Crippen LogP contribution in [-0.4, -0.2) is 58.4 Å². The van der Waals surface area contributed by atoms with Crippen molar-refractivity contribution < 1.29 is 19.5 Å². The molecule has 2 heterocycles. The average Bonchev–Trinajstić information content (AvgIpc) is 2.96. The lowest BCUT2D eigenvalue weighted by Crippen LogP contribution is -2.49. The molecule has 0 saturated carbocycles. The van der Waals surface area contributed by atoms with E-state index in [-0.39, 0.29) is 17.7 Å². The molecule has 2 saturated heterocycles. The van der Waals surface area contributed by atoms with Crippen molar-refractivity contribution in [1.29, 1.82) is 0 Å². The Morgan fingerprint density at radius 2 is 1.86 bits per heavy atom. The number of carbonyl (C=O) groups excluding carboxylic acids is 2. The predicted octanol–water partition coefficient (Wildman–Crippen LogP) is 1.10. The van der Waals surface area contributed by atoms with Crippen LogP contribution < -0.4 is 0 Å². The first-order valence-electron chi connectivity index (χ1n) is 7.85. The summed E-state index contributed by atoms with van der Waals surface area (Å²) in [7, 11) is 0. The van der Waals surface area contributed by atoms with Gasteiger partial charge in [-0.25, -0.2) is 4.79 Å². The zero-order valence-electron chi connectivity index (χ0n) is 12.6. The van der Waals surface area contributed by atoms with Crippen molar-refractivity contribution >= 4 is 17.8 Å². The van der Waals surface area contributed by atoms with Crippen LogP contribution in [0.2, 0.25) is 0 Å². The molecule has 6 heteroatoms. The first-order chi connectivity index (χ1) is 10.0. The summed E-state index contributed by atoms with van der Waals surface area (Å²) in [6, 6.07) is -0.681. The molecule has 0 bridgehead atoms. The van der Waals surface area contributed by atoms with Crippen molar-refractivity contribution in [3.8, 4) is 0 Å². The Morgan fingerprint density at radius 3 is 2.52 bits per heavy atom. The molecule has 1 unspecified atom stereocenters. The summed E-state index contributed by atoms with van der Waals surface area (Å²) in [4.78, 5) is 39.0. The smallest absolute Gasteiger partial charge is 0.326 e. The minimum Gasteiger partial charge on any atom is -0.480 e. The first kappa shape index (κ1) is 15.8. The van der Waals surface area contributed by atoms with E-state index in [0.717, 1.165) is 25.7 Å². The third kappa shape index (κ3) is 3.54. The Kier molecular flexibility index (Phi) is 5.20. The van der Waals surface area contributed by atoms with Gasteiger partial charge in [-0.15, -0.1) is 0 Å². The number of hydrogen-bond acceptors (Lipinski definition) is 3.